The van der Waals surface area contributed by atoms with Gasteiger partial charge in [-0.25, -0.2) is 0 Å². The summed E-state index contributed by atoms with van der Waals surface area (Å²) in [5.74, 6) is -0.661. The lowest BCUT2D eigenvalue weighted by Gasteiger charge is -2.30. The van der Waals surface area contributed by atoms with Crippen molar-refractivity contribution in [2.75, 3.05) is 13.1 Å². The number of amides is 1. The molecule has 0 atom stereocenters. The van der Waals surface area contributed by atoms with E-state index in [9.17, 15) is 9.59 Å². The van der Waals surface area contributed by atoms with E-state index < -0.39 is 5.97 Å². The molecular weight excluding hydrogens is 322 g/mol. The van der Waals surface area contributed by atoms with Crippen LogP contribution >= 0.6 is 0 Å². The highest BCUT2D eigenvalue weighted by molar-refractivity contribution is 5.94. The molecule has 0 saturated carbocycles. The van der Waals surface area contributed by atoms with Gasteiger partial charge in [-0.05, 0) is 32.3 Å². The second-order valence-electron chi connectivity index (χ2n) is 6.48. The number of aliphatic carboxylic acids is 1. The van der Waals surface area contributed by atoms with E-state index in [1.165, 1.54) is 0 Å². The van der Waals surface area contributed by atoms with E-state index in [1.54, 1.807) is 0 Å². The number of aromatic nitrogens is 4. The Labute approximate surface area is 145 Å². The number of hydrogen-bond donors (Lipinski definition) is 3. The topological polar surface area (TPSA) is 115 Å². The SMILES string of the molecule is CCc1[nH]nc(C(=O)N2CCC(c3cc(CC(=O)O)[nH]n3)CC2)c1C. The van der Waals surface area contributed by atoms with Gasteiger partial charge in [0.05, 0.1) is 12.1 Å². The summed E-state index contributed by atoms with van der Waals surface area (Å²) in [6.07, 6.45) is 2.40. The molecule has 1 aliphatic heterocycles. The third-order valence-electron chi connectivity index (χ3n) is 4.86. The Morgan fingerprint density at radius 3 is 2.60 bits per heavy atom. The number of piperidine rings is 1. The van der Waals surface area contributed by atoms with Gasteiger partial charge in [0.25, 0.3) is 5.91 Å². The highest BCUT2D eigenvalue weighted by Gasteiger charge is 2.28. The first-order chi connectivity index (χ1) is 12.0. The molecule has 134 valence electrons. The molecule has 0 bridgehead atoms. The first-order valence-corrected chi connectivity index (χ1v) is 8.58. The number of nitrogens with one attached hydrogen (secondary N) is 2. The molecule has 1 fully saturated rings. The number of aryl methyl sites for hydroxylation is 1. The fourth-order valence-corrected chi connectivity index (χ4v) is 3.36. The normalized spacial score (nSPS) is 15.5. The standard InChI is InChI=1S/C17H23N5O3/c1-3-13-10(2)16(21-19-13)17(25)22-6-4-11(5-7-22)14-8-12(18-20-14)9-15(23)24/h8,11H,3-7,9H2,1-2H3,(H,18,20)(H,19,21)(H,23,24). The summed E-state index contributed by atoms with van der Waals surface area (Å²) in [6, 6.07) is 1.82. The fraction of sp³-hybridized carbons (Fsp3) is 0.529. The number of rotatable bonds is 5. The Morgan fingerprint density at radius 1 is 1.28 bits per heavy atom. The number of H-pyrrole nitrogens is 2. The van der Waals surface area contributed by atoms with Crippen molar-refractivity contribution < 1.29 is 14.7 Å². The Kier molecular flexibility index (Phi) is 4.87. The van der Waals surface area contributed by atoms with E-state index in [4.69, 9.17) is 5.11 Å². The van der Waals surface area contributed by atoms with Crippen molar-refractivity contribution in [2.24, 2.45) is 0 Å². The van der Waals surface area contributed by atoms with Crippen LogP contribution in [0.5, 0.6) is 0 Å². The molecule has 3 rings (SSSR count). The minimum absolute atomic E-state index is 0.0273. The third kappa shape index (κ3) is 3.57. The van der Waals surface area contributed by atoms with Crippen LogP contribution in [-0.4, -0.2) is 55.4 Å². The van der Waals surface area contributed by atoms with Crippen LogP contribution in [0.4, 0.5) is 0 Å². The van der Waals surface area contributed by atoms with Crippen molar-refractivity contribution in [3.8, 4) is 0 Å². The van der Waals surface area contributed by atoms with Crippen LogP contribution in [0, 0.1) is 6.92 Å². The van der Waals surface area contributed by atoms with Gasteiger partial charge in [-0.15, -0.1) is 0 Å². The van der Waals surface area contributed by atoms with Crippen molar-refractivity contribution in [3.63, 3.8) is 0 Å². The van der Waals surface area contributed by atoms with Crippen molar-refractivity contribution in [3.05, 3.63) is 34.4 Å². The molecule has 0 aliphatic carbocycles. The number of carbonyl (C=O) groups is 2. The van der Waals surface area contributed by atoms with Crippen LogP contribution < -0.4 is 0 Å². The van der Waals surface area contributed by atoms with Crippen LogP contribution in [-0.2, 0) is 17.6 Å². The predicted octanol–water partition coefficient (Wildman–Crippen LogP) is 1.65. The van der Waals surface area contributed by atoms with Crippen molar-refractivity contribution >= 4 is 11.9 Å². The van der Waals surface area contributed by atoms with Gasteiger partial charge in [-0.2, -0.15) is 10.2 Å². The van der Waals surface area contributed by atoms with Gasteiger partial charge in [0.15, 0.2) is 5.69 Å². The van der Waals surface area contributed by atoms with Crippen LogP contribution in [0.2, 0.25) is 0 Å². The molecular formula is C17H23N5O3. The molecule has 8 heteroatoms. The second-order valence-corrected chi connectivity index (χ2v) is 6.48. The maximum Gasteiger partial charge on any atom is 0.309 e. The number of nitrogens with zero attached hydrogens (tertiary/aromatic N) is 3. The molecule has 2 aromatic heterocycles. The van der Waals surface area contributed by atoms with Crippen LogP contribution in [0.15, 0.2) is 6.07 Å². The van der Waals surface area contributed by atoms with Gasteiger partial charge in [0.1, 0.15) is 0 Å². The molecule has 25 heavy (non-hydrogen) atoms. The quantitative estimate of drug-likeness (QED) is 0.762. The average Bonchev–Trinajstić information content (AvgIpc) is 3.20. The van der Waals surface area contributed by atoms with Crippen LogP contribution in [0.3, 0.4) is 0 Å². The monoisotopic (exact) mass is 345 g/mol. The van der Waals surface area contributed by atoms with Crippen LogP contribution in [0.1, 0.15) is 58.8 Å². The molecule has 1 saturated heterocycles. The Balaban J connectivity index is 1.61. The van der Waals surface area contributed by atoms with Crippen molar-refractivity contribution in [2.45, 2.75) is 45.4 Å². The summed E-state index contributed by atoms with van der Waals surface area (Å²) >= 11 is 0. The molecule has 0 spiro atoms. The highest BCUT2D eigenvalue weighted by atomic mass is 16.4. The molecule has 3 heterocycles. The first kappa shape index (κ1) is 17.2. The smallest absolute Gasteiger partial charge is 0.309 e. The molecule has 0 unspecified atom stereocenters. The van der Waals surface area contributed by atoms with Crippen LogP contribution in [0.25, 0.3) is 0 Å². The van der Waals surface area contributed by atoms with Gasteiger partial charge in [-0.3, -0.25) is 19.8 Å². The Bertz CT molecular complexity index is 771. The molecule has 0 aromatic carbocycles. The third-order valence-corrected chi connectivity index (χ3v) is 4.86. The molecule has 0 radical (unpaired) electrons. The summed E-state index contributed by atoms with van der Waals surface area (Å²) in [5.41, 5.74) is 3.94. The zero-order valence-electron chi connectivity index (χ0n) is 14.5. The lowest BCUT2D eigenvalue weighted by atomic mass is 9.93. The molecule has 2 aromatic rings. The number of carboxylic acids is 1. The van der Waals surface area contributed by atoms with Gasteiger partial charge >= 0.3 is 5.97 Å². The maximum absolute atomic E-state index is 12.7. The van der Waals surface area contributed by atoms with E-state index in [-0.39, 0.29) is 18.2 Å². The molecule has 1 aliphatic rings. The van der Waals surface area contributed by atoms with Crippen molar-refractivity contribution in [1.82, 2.24) is 25.3 Å². The van der Waals surface area contributed by atoms with E-state index in [0.717, 1.165) is 36.2 Å². The Morgan fingerprint density at radius 2 is 2.00 bits per heavy atom. The second kappa shape index (κ2) is 7.08. The molecule has 8 nitrogen and oxygen atoms in total. The Hall–Kier alpha value is -2.64. The predicted molar refractivity (Wildman–Crippen MR) is 90.5 cm³/mol. The van der Waals surface area contributed by atoms with Crippen molar-refractivity contribution in [1.29, 1.82) is 0 Å². The van der Waals surface area contributed by atoms with E-state index in [1.807, 2.05) is 24.8 Å². The number of likely N-dealkylation sites (tertiary alicyclic amines) is 1. The molecule has 3 N–H and O–H groups in total. The van der Waals surface area contributed by atoms with Gasteiger partial charge in [0.2, 0.25) is 0 Å². The van der Waals surface area contributed by atoms with E-state index in [2.05, 4.69) is 20.4 Å². The minimum Gasteiger partial charge on any atom is -0.481 e. The summed E-state index contributed by atoms with van der Waals surface area (Å²) in [7, 11) is 0. The minimum atomic E-state index is -0.878. The average molecular weight is 345 g/mol. The van der Waals surface area contributed by atoms with Gasteiger partial charge < -0.3 is 10.0 Å². The first-order valence-electron chi connectivity index (χ1n) is 8.58. The summed E-state index contributed by atoms with van der Waals surface area (Å²) in [6.45, 7) is 5.26. The number of aromatic amines is 2. The largest absolute Gasteiger partial charge is 0.481 e. The zero-order chi connectivity index (χ0) is 18.0. The van der Waals surface area contributed by atoms with Gasteiger partial charge in [-0.1, -0.05) is 6.92 Å². The number of hydrogen-bond acceptors (Lipinski definition) is 4. The lowest BCUT2D eigenvalue weighted by Crippen LogP contribution is -2.38. The fourth-order valence-electron chi connectivity index (χ4n) is 3.36. The summed E-state index contributed by atoms with van der Waals surface area (Å²) in [4.78, 5) is 25.3. The summed E-state index contributed by atoms with van der Waals surface area (Å²) < 4.78 is 0. The highest BCUT2D eigenvalue weighted by Crippen LogP contribution is 2.28. The number of carbonyl (C=O) groups excluding carboxylic acids is 1. The van der Waals surface area contributed by atoms with E-state index in [0.29, 0.717) is 24.5 Å². The number of carboxylic acid groups (broad SMARTS) is 1. The van der Waals surface area contributed by atoms with Gasteiger partial charge in [0, 0.05) is 36.0 Å². The lowest BCUT2D eigenvalue weighted by molar-refractivity contribution is -0.136. The molecule has 1 amide bonds. The van der Waals surface area contributed by atoms with E-state index >= 15 is 0 Å². The maximum atomic E-state index is 12.7. The summed E-state index contributed by atoms with van der Waals surface area (Å²) in [5, 5.41) is 23.0. The zero-order valence-corrected chi connectivity index (χ0v) is 14.5.